The molecule has 7 heteroatoms. The number of benzene rings is 1. The molecular formula is C12H10F3N3O. The number of anilines is 2. The molecule has 1 heterocycles. The predicted molar refractivity (Wildman–Crippen MR) is 64.3 cm³/mol. The topological polar surface area (TPSA) is 57.8 Å². The minimum absolute atomic E-state index is 0.0871. The van der Waals surface area contributed by atoms with Gasteiger partial charge in [-0.05, 0) is 19.1 Å². The summed E-state index contributed by atoms with van der Waals surface area (Å²) in [5, 5.41) is 2.45. The number of hydrogen-bond acceptors (Lipinski definition) is 3. The lowest BCUT2D eigenvalue weighted by molar-refractivity contribution is -0.140. The Bertz CT molecular complexity index is 635. The molecule has 0 fully saturated rings. The molecule has 0 saturated heterocycles. The molecule has 0 radical (unpaired) electrons. The van der Waals surface area contributed by atoms with Gasteiger partial charge in [0.15, 0.2) is 5.69 Å². The van der Waals surface area contributed by atoms with Crippen LogP contribution in [0.5, 0.6) is 0 Å². The average molecular weight is 269 g/mol. The van der Waals surface area contributed by atoms with Gasteiger partial charge in [-0.25, -0.2) is 4.98 Å². The van der Waals surface area contributed by atoms with Gasteiger partial charge in [-0.15, -0.1) is 0 Å². The van der Waals surface area contributed by atoms with Crippen molar-refractivity contribution in [3.05, 3.63) is 52.2 Å². The van der Waals surface area contributed by atoms with Gasteiger partial charge in [-0.3, -0.25) is 4.79 Å². The smallest absolute Gasteiger partial charge is 0.349 e. The Morgan fingerprint density at radius 2 is 1.84 bits per heavy atom. The molecule has 0 unspecified atom stereocenters. The van der Waals surface area contributed by atoms with Gasteiger partial charge < -0.3 is 10.3 Å². The van der Waals surface area contributed by atoms with Crippen molar-refractivity contribution in [2.24, 2.45) is 0 Å². The number of halogens is 3. The predicted octanol–water partition coefficient (Wildman–Crippen LogP) is 2.84. The lowest BCUT2D eigenvalue weighted by atomic mass is 10.2. The number of para-hydroxylation sites is 1. The van der Waals surface area contributed by atoms with Crippen LogP contribution in [0.25, 0.3) is 0 Å². The molecule has 0 saturated carbocycles. The maximum atomic E-state index is 12.9. The maximum absolute atomic E-state index is 12.9. The summed E-state index contributed by atoms with van der Waals surface area (Å²) in [7, 11) is 0. The van der Waals surface area contributed by atoms with Crippen LogP contribution in [-0.2, 0) is 6.18 Å². The fraction of sp³-hybridized carbons (Fsp3) is 0.167. The molecule has 0 bridgehead atoms. The van der Waals surface area contributed by atoms with Crippen molar-refractivity contribution in [3.8, 4) is 0 Å². The zero-order valence-electron chi connectivity index (χ0n) is 9.88. The number of aromatic nitrogens is 2. The number of H-pyrrole nitrogens is 1. The summed E-state index contributed by atoms with van der Waals surface area (Å²) in [5.41, 5.74) is -2.31. The fourth-order valence-electron chi connectivity index (χ4n) is 1.57. The highest BCUT2D eigenvalue weighted by Gasteiger charge is 2.37. The summed E-state index contributed by atoms with van der Waals surface area (Å²) in [6.45, 7) is 1.29. The second kappa shape index (κ2) is 4.75. The van der Waals surface area contributed by atoms with Crippen LogP contribution in [0.3, 0.4) is 0 Å². The quantitative estimate of drug-likeness (QED) is 0.881. The molecule has 1 aromatic heterocycles. The van der Waals surface area contributed by atoms with Gasteiger partial charge in [-0.1, -0.05) is 18.2 Å². The minimum Gasteiger partial charge on any atom is -0.349 e. The van der Waals surface area contributed by atoms with Crippen LogP contribution in [0.4, 0.5) is 24.5 Å². The van der Waals surface area contributed by atoms with Gasteiger partial charge in [0.25, 0.3) is 5.56 Å². The highest BCUT2D eigenvalue weighted by atomic mass is 19.4. The lowest BCUT2D eigenvalue weighted by Crippen LogP contribution is -2.22. The molecule has 0 atom stereocenters. The SMILES string of the molecule is Cc1nc(C(F)(F)F)c(Nc2ccccc2)c(=O)[nH]1. The Balaban J connectivity index is 2.53. The Kier molecular flexibility index (Phi) is 3.28. The summed E-state index contributed by atoms with van der Waals surface area (Å²) >= 11 is 0. The van der Waals surface area contributed by atoms with Crippen LogP contribution in [0, 0.1) is 6.92 Å². The first-order valence-electron chi connectivity index (χ1n) is 5.38. The highest BCUT2D eigenvalue weighted by Crippen LogP contribution is 2.32. The second-order valence-corrected chi connectivity index (χ2v) is 3.86. The Morgan fingerprint density at radius 1 is 1.21 bits per heavy atom. The van der Waals surface area contributed by atoms with Crippen LogP contribution in [-0.4, -0.2) is 9.97 Å². The van der Waals surface area contributed by atoms with Gasteiger partial charge in [0.05, 0.1) is 0 Å². The molecular weight excluding hydrogens is 259 g/mol. The van der Waals surface area contributed by atoms with E-state index < -0.39 is 23.1 Å². The summed E-state index contributed by atoms with van der Waals surface area (Å²) in [6, 6.07) is 8.11. The largest absolute Gasteiger partial charge is 0.435 e. The number of nitrogens with one attached hydrogen (secondary N) is 2. The molecule has 19 heavy (non-hydrogen) atoms. The molecule has 2 rings (SSSR count). The summed E-state index contributed by atoms with van der Waals surface area (Å²) in [6.07, 6.45) is -4.70. The van der Waals surface area contributed by atoms with Crippen LogP contribution >= 0.6 is 0 Å². The van der Waals surface area contributed by atoms with Crippen molar-refractivity contribution >= 4 is 11.4 Å². The van der Waals surface area contributed by atoms with E-state index in [1.165, 1.54) is 6.92 Å². The molecule has 0 aliphatic carbocycles. The number of rotatable bonds is 2. The van der Waals surface area contributed by atoms with Crippen molar-refractivity contribution in [2.75, 3.05) is 5.32 Å². The average Bonchev–Trinajstić information content (AvgIpc) is 2.32. The number of nitrogens with zero attached hydrogens (tertiary/aromatic N) is 1. The van der Waals surface area contributed by atoms with Gasteiger partial charge in [-0.2, -0.15) is 13.2 Å². The number of aromatic amines is 1. The van der Waals surface area contributed by atoms with Crippen LogP contribution in [0.2, 0.25) is 0 Å². The molecule has 2 aromatic rings. The maximum Gasteiger partial charge on any atom is 0.435 e. The molecule has 100 valence electrons. The minimum atomic E-state index is -4.70. The number of aryl methyl sites for hydroxylation is 1. The molecule has 0 aliphatic heterocycles. The first-order valence-corrected chi connectivity index (χ1v) is 5.38. The third-order valence-electron chi connectivity index (χ3n) is 2.35. The monoisotopic (exact) mass is 269 g/mol. The number of alkyl halides is 3. The molecule has 0 amide bonds. The third-order valence-corrected chi connectivity index (χ3v) is 2.35. The molecule has 2 N–H and O–H groups in total. The second-order valence-electron chi connectivity index (χ2n) is 3.86. The molecule has 0 aliphatic rings. The standard InChI is InChI=1S/C12H10F3N3O/c1-7-16-10(12(13,14)15)9(11(19)17-7)18-8-5-3-2-4-6-8/h2-6,18H,1H3,(H,16,17,19). The van der Waals surface area contributed by atoms with E-state index in [9.17, 15) is 18.0 Å². The number of hydrogen-bond donors (Lipinski definition) is 2. The zero-order chi connectivity index (χ0) is 14.0. The summed E-state index contributed by atoms with van der Waals surface area (Å²) in [5.74, 6) is -0.0871. The van der Waals surface area contributed by atoms with E-state index >= 15 is 0 Å². The van der Waals surface area contributed by atoms with E-state index in [0.29, 0.717) is 5.69 Å². The van der Waals surface area contributed by atoms with E-state index in [1.807, 2.05) is 0 Å². The van der Waals surface area contributed by atoms with Crippen LogP contribution in [0.15, 0.2) is 35.1 Å². The van der Waals surface area contributed by atoms with Crippen molar-refractivity contribution < 1.29 is 13.2 Å². The normalized spacial score (nSPS) is 11.4. The van der Waals surface area contributed by atoms with Crippen molar-refractivity contribution in [1.29, 1.82) is 0 Å². The van der Waals surface area contributed by atoms with Gasteiger partial charge >= 0.3 is 6.18 Å². The first kappa shape index (κ1) is 13.1. The Hall–Kier alpha value is -2.31. The zero-order valence-corrected chi connectivity index (χ0v) is 9.88. The van der Waals surface area contributed by atoms with Crippen molar-refractivity contribution in [1.82, 2.24) is 9.97 Å². The molecule has 4 nitrogen and oxygen atoms in total. The lowest BCUT2D eigenvalue weighted by Gasteiger charge is -2.13. The first-order chi connectivity index (χ1) is 8.88. The van der Waals surface area contributed by atoms with E-state index in [2.05, 4.69) is 15.3 Å². The van der Waals surface area contributed by atoms with Gasteiger partial charge in [0.1, 0.15) is 11.5 Å². The van der Waals surface area contributed by atoms with Crippen LogP contribution < -0.4 is 10.9 Å². The van der Waals surface area contributed by atoms with Gasteiger partial charge in [0, 0.05) is 5.69 Å². The van der Waals surface area contributed by atoms with Crippen molar-refractivity contribution in [3.63, 3.8) is 0 Å². The summed E-state index contributed by atoms with van der Waals surface area (Å²) in [4.78, 5) is 17.3. The molecule has 0 spiro atoms. The Morgan fingerprint density at radius 3 is 2.42 bits per heavy atom. The summed E-state index contributed by atoms with van der Waals surface area (Å²) < 4.78 is 38.6. The van der Waals surface area contributed by atoms with E-state index in [-0.39, 0.29) is 5.82 Å². The third kappa shape index (κ3) is 2.93. The van der Waals surface area contributed by atoms with E-state index in [4.69, 9.17) is 0 Å². The van der Waals surface area contributed by atoms with Crippen molar-refractivity contribution in [2.45, 2.75) is 13.1 Å². The highest BCUT2D eigenvalue weighted by molar-refractivity contribution is 5.61. The Labute approximate surface area is 106 Å². The molecule has 1 aromatic carbocycles. The fourth-order valence-corrected chi connectivity index (χ4v) is 1.57. The van der Waals surface area contributed by atoms with E-state index in [0.717, 1.165) is 0 Å². The van der Waals surface area contributed by atoms with E-state index in [1.54, 1.807) is 30.3 Å². The van der Waals surface area contributed by atoms with Gasteiger partial charge in [0.2, 0.25) is 0 Å². The van der Waals surface area contributed by atoms with Crippen LogP contribution in [0.1, 0.15) is 11.5 Å².